The molecule has 1 aromatic carbocycles. The fourth-order valence-electron chi connectivity index (χ4n) is 1.78. The normalized spacial score (nSPS) is 12.4. The highest BCUT2D eigenvalue weighted by atomic mass is 16.5. The molecule has 0 aliphatic rings. The number of benzene rings is 1. The van der Waals surface area contributed by atoms with Gasteiger partial charge < -0.3 is 14.3 Å². The number of aryl methyl sites for hydroxylation is 1. The summed E-state index contributed by atoms with van der Waals surface area (Å²) < 4.78 is 10.5. The van der Waals surface area contributed by atoms with Crippen LogP contribution < -0.4 is 4.74 Å². The van der Waals surface area contributed by atoms with Crippen LogP contribution in [-0.4, -0.2) is 11.7 Å². The lowest BCUT2D eigenvalue weighted by Crippen LogP contribution is -2.03. The summed E-state index contributed by atoms with van der Waals surface area (Å²) in [7, 11) is 0. The van der Waals surface area contributed by atoms with Gasteiger partial charge in [0.05, 0.1) is 19.1 Å². The maximum atomic E-state index is 10.3. The van der Waals surface area contributed by atoms with Gasteiger partial charge in [0.2, 0.25) is 0 Å². The number of rotatable bonds is 4. The van der Waals surface area contributed by atoms with Crippen LogP contribution in [0.3, 0.4) is 0 Å². The molecule has 0 amide bonds. The summed E-state index contributed by atoms with van der Waals surface area (Å²) in [6.07, 6.45) is 2.38. The molecule has 2 aromatic rings. The summed E-state index contributed by atoms with van der Waals surface area (Å²) in [4.78, 5) is 0. The van der Waals surface area contributed by atoms with E-state index in [0.717, 1.165) is 16.7 Å². The van der Waals surface area contributed by atoms with Crippen LogP contribution >= 0.6 is 0 Å². The zero-order chi connectivity index (χ0) is 12.3. The van der Waals surface area contributed by atoms with E-state index < -0.39 is 6.10 Å². The van der Waals surface area contributed by atoms with Gasteiger partial charge in [-0.25, -0.2) is 0 Å². The monoisotopic (exact) mass is 232 g/mol. The van der Waals surface area contributed by atoms with E-state index in [1.54, 1.807) is 18.6 Å². The maximum absolute atomic E-state index is 10.3. The molecular weight excluding hydrogens is 216 g/mol. The zero-order valence-corrected chi connectivity index (χ0v) is 10.0. The van der Waals surface area contributed by atoms with E-state index in [9.17, 15) is 5.11 Å². The first-order valence-electron chi connectivity index (χ1n) is 5.66. The van der Waals surface area contributed by atoms with E-state index in [-0.39, 0.29) is 0 Å². The SMILES string of the molecule is CCOc1ccc(C)cc1C(O)c1ccoc1. The molecule has 0 spiro atoms. The Kier molecular flexibility index (Phi) is 3.49. The molecule has 17 heavy (non-hydrogen) atoms. The van der Waals surface area contributed by atoms with Crippen LogP contribution in [0.2, 0.25) is 0 Å². The zero-order valence-electron chi connectivity index (χ0n) is 10.0. The van der Waals surface area contributed by atoms with Crippen molar-refractivity contribution >= 4 is 0 Å². The minimum absolute atomic E-state index is 0.578. The van der Waals surface area contributed by atoms with Crippen LogP contribution in [0.5, 0.6) is 5.75 Å². The number of aliphatic hydroxyl groups excluding tert-OH is 1. The molecule has 0 radical (unpaired) electrons. The van der Waals surface area contributed by atoms with E-state index in [0.29, 0.717) is 12.4 Å². The van der Waals surface area contributed by atoms with Gasteiger partial charge in [0.1, 0.15) is 11.9 Å². The molecule has 3 heteroatoms. The van der Waals surface area contributed by atoms with Gasteiger partial charge in [-0.3, -0.25) is 0 Å². The van der Waals surface area contributed by atoms with Crippen molar-refractivity contribution < 1.29 is 14.3 Å². The van der Waals surface area contributed by atoms with Crippen LogP contribution in [0, 0.1) is 6.92 Å². The third-order valence-corrected chi connectivity index (χ3v) is 2.62. The minimum Gasteiger partial charge on any atom is -0.493 e. The second-order valence-electron chi connectivity index (χ2n) is 3.93. The molecule has 0 aliphatic carbocycles. The molecule has 2 rings (SSSR count). The Morgan fingerprint density at radius 2 is 2.18 bits per heavy atom. The topological polar surface area (TPSA) is 42.6 Å². The van der Waals surface area contributed by atoms with Crippen LogP contribution in [0.1, 0.15) is 29.7 Å². The first kappa shape index (κ1) is 11.7. The average molecular weight is 232 g/mol. The van der Waals surface area contributed by atoms with Gasteiger partial charge in [0.15, 0.2) is 0 Å². The fraction of sp³-hybridized carbons (Fsp3) is 0.286. The smallest absolute Gasteiger partial charge is 0.125 e. The molecule has 1 heterocycles. The van der Waals surface area contributed by atoms with Crippen molar-refractivity contribution in [1.82, 2.24) is 0 Å². The van der Waals surface area contributed by atoms with Crippen molar-refractivity contribution in [2.24, 2.45) is 0 Å². The summed E-state index contributed by atoms with van der Waals surface area (Å²) in [6, 6.07) is 7.54. The van der Waals surface area contributed by atoms with Gasteiger partial charge in [0.25, 0.3) is 0 Å². The molecule has 1 N–H and O–H groups in total. The van der Waals surface area contributed by atoms with Crippen molar-refractivity contribution in [3.8, 4) is 5.75 Å². The standard InChI is InChI=1S/C14H16O3/c1-3-17-13-5-4-10(2)8-12(13)14(15)11-6-7-16-9-11/h4-9,14-15H,3H2,1-2H3. The quantitative estimate of drug-likeness (QED) is 0.880. The Morgan fingerprint density at radius 3 is 2.82 bits per heavy atom. The van der Waals surface area contributed by atoms with Gasteiger partial charge in [-0.1, -0.05) is 11.6 Å². The molecular formula is C14H16O3. The molecule has 0 saturated carbocycles. The van der Waals surface area contributed by atoms with Gasteiger partial charge in [-0.05, 0) is 32.0 Å². The number of hydrogen-bond acceptors (Lipinski definition) is 3. The van der Waals surface area contributed by atoms with Crippen molar-refractivity contribution in [1.29, 1.82) is 0 Å². The third kappa shape index (κ3) is 2.50. The highest BCUT2D eigenvalue weighted by Crippen LogP contribution is 2.31. The van der Waals surface area contributed by atoms with Gasteiger partial charge in [0, 0.05) is 11.1 Å². The van der Waals surface area contributed by atoms with E-state index in [1.165, 1.54) is 0 Å². The molecule has 0 fully saturated rings. The molecule has 1 atom stereocenters. The largest absolute Gasteiger partial charge is 0.493 e. The average Bonchev–Trinajstić information content (AvgIpc) is 2.84. The predicted octanol–water partition coefficient (Wildman–Crippen LogP) is 3.07. The molecule has 3 nitrogen and oxygen atoms in total. The van der Waals surface area contributed by atoms with Crippen molar-refractivity contribution in [3.05, 3.63) is 53.5 Å². The number of furan rings is 1. The molecule has 1 aromatic heterocycles. The van der Waals surface area contributed by atoms with Crippen molar-refractivity contribution in [3.63, 3.8) is 0 Å². The van der Waals surface area contributed by atoms with E-state index in [1.807, 2.05) is 32.0 Å². The van der Waals surface area contributed by atoms with Crippen molar-refractivity contribution in [2.75, 3.05) is 6.61 Å². The molecule has 0 bridgehead atoms. The van der Waals surface area contributed by atoms with Crippen LogP contribution in [0.4, 0.5) is 0 Å². The Bertz CT molecular complexity index is 474. The Labute approximate surface area is 101 Å². The number of ether oxygens (including phenoxy) is 1. The van der Waals surface area contributed by atoms with E-state index >= 15 is 0 Å². The van der Waals surface area contributed by atoms with Crippen molar-refractivity contribution in [2.45, 2.75) is 20.0 Å². The first-order valence-corrected chi connectivity index (χ1v) is 5.66. The molecule has 0 saturated heterocycles. The van der Waals surface area contributed by atoms with Crippen LogP contribution in [0.15, 0.2) is 41.2 Å². The predicted molar refractivity (Wildman–Crippen MR) is 65.1 cm³/mol. The fourth-order valence-corrected chi connectivity index (χ4v) is 1.78. The number of hydrogen-bond donors (Lipinski definition) is 1. The maximum Gasteiger partial charge on any atom is 0.125 e. The first-order chi connectivity index (χ1) is 8.22. The molecule has 90 valence electrons. The van der Waals surface area contributed by atoms with E-state index in [4.69, 9.17) is 9.15 Å². The van der Waals surface area contributed by atoms with E-state index in [2.05, 4.69) is 0 Å². The van der Waals surface area contributed by atoms with Crippen LogP contribution in [-0.2, 0) is 0 Å². The number of aliphatic hydroxyl groups is 1. The summed E-state index contributed by atoms with van der Waals surface area (Å²) in [5, 5.41) is 10.3. The summed E-state index contributed by atoms with van der Waals surface area (Å²) >= 11 is 0. The van der Waals surface area contributed by atoms with Gasteiger partial charge >= 0.3 is 0 Å². The lowest BCUT2D eigenvalue weighted by Gasteiger charge is -2.15. The van der Waals surface area contributed by atoms with Crippen LogP contribution in [0.25, 0.3) is 0 Å². The summed E-state index contributed by atoms with van der Waals surface area (Å²) in [5.74, 6) is 0.715. The third-order valence-electron chi connectivity index (χ3n) is 2.62. The highest BCUT2D eigenvalue weighted by Gasteiger charge is 2.16. The summed E-state index contributed by atoms with van der Waals surface area (Å²) in [5.41, 5.74) is 2.59. The minimum atomic E-state index is -0.713. The van der Waals surface area contributed by atoms with Gasteiger partial charge in [-0.15, -0.1) is 0 Å². The van der Waals surface area contributed by atoms with Gasteiger partial charge in [-0.2, -0.15) is 0 Å². The molecule has 1 unspecified atom stereocenters. The Morgan fingerprint density at radius 1 is 1.35 bits per heavy atom. The lowest BCUT2D eigenvalue weighted by molar-refractivity contribution is 0.211. The lowest BCUT2D eigenvalue weighted by atomic mass is 10.0. The molecule has 0 aliphatic heterocycles. The Balaban J connectivity index is 2.38. The Hall–Kier alpha value is -1.74. The highest BCUT2D eigenvalue weighted by molar-refractivity contribution is 5.42. The second-order valence-corrected chi connectivity index (χ2v) is 3.93. The second kappa shape index (κ2) is 5.06. The summed E-state index contributed by atoms with van der Waals surface area (Å²) in [6.45, 7) is 4.49.